The lowest BCUT2D eigenvalue weighted by Gasteiger charge is -2.22. The summed E-state index contributed by atoms with van der Waals surface area (Å²) < 4.78 is 2.54. The fourth-order valence-corrected chi connectivity index (χ4v) is 10.9. The maximum atomic E-state index is 5.36. The molecule has 0 atom stereocenters. The highest BCUT2D eigenvalue weighted by Gasteiger charge is 2.26. The quantitative estimate of drug-likeness (QED) is 0.108. The van der Waals surface area contributed by atoms with Gasteiger partial charge in [-0.15, -0.1) is 0 Å². The average molecular weight is 1010 g/mol. The van der Waals surface area contributed by atoms with Gasteiger partial charge in [-0.2, -0.15) is 0 Å². The molecule has 11 aromatic carbocycles. The Morgan fingerprint density at radius 1 is 0.316 bits per heavy atom. The van der Waals surface area contributed by atoms with Crippen LogP contribution in [0.15, 0.2) is 304 Å². The van der Waals surface area contributed by atoms with Gasteiger partial charge in [-0.25, -0.2) is 15.0 Å². The number of nitrogens with zero attached hydrogens (tertiary/aromatic N) is 4. The van der Waals surface area contributed by atoms with E-state index in [1.165, 1.54) is 0 Å². The third-order valence-corrected chi connectivity index (χ3v) is 14.8. The van der Waals surface area contributed by atoms with E-state index in [0.29, 0.717) is 17.5 Å². The lowest BCUT2D eigenvalue weighted by Crippen LogP contribution is -2.05. The second-order valence-corrected chi connectivity index (χ2v) is 19.6. The van der Waals surface area contributed by atoms with Crippen molar-refractivity contribution in [2.45, 2.75) is 0 Å². The number of fused-ring (bicyclic) bond motifs is 3. The van der Waals surface area contributed by atoms with Crippen molar-refractivity contribution in [2.75, 3.05) is 0 Å². The number of aromatic nitrogens is 4. The Balaban J connectivity index is 1.19. The molecule has 2 heterocycles. The third kappa shape index (κ3) is 9.39. The zero-order valence-corrected chi connectivity index (χ0v) is 43.4. The fourth-order valence-electron chi connectivity index (χ4n) is 10.9. The van der Waals surface area contributed by atoms with E-state index in [2.05, 4.69) is 254 Å². The molecular formula is C75H52N4. The molecule has 0 amide bonds. The molecule has 0 aliphatic heterocycles. The summed E-state index contributed by atoms with van der Waals surface area (Å²) in [5.74, 6) is 1.75. The average Bonchev–Trinajstić information content (AvgIpc) is 3.87. The van der Waals surface area contributed by atoms with Crippen LogP contribution in [0.1, 0.15) is 5.56 Å². The van der Waals surface area contributed by atoms with Crippen molar-refractivity contribution in [3.8, 4) is 107 Å². The first-order valence-corrected chi connectivity index (χ1v) is 26.6. The molecule has 4 nitrogen and oxygen atoms in total. The normalized spacial score (nSPS) is 11.5. The van der Waals surface area contributed by atoms with Crippen molar-refractivity contribution in [3.63, 3.8) is 0 Å². The van der Waals surface area contributed by atoms with Gasteiger partial charge < -0.3 is 4.57 Å². The summed E-state index contributed by atoms with van der Waals surface area (Å²) in [6.45, 7) is 8.17. The molecule has 0 unspecified atom stereocenters. The van der Waals surface area contributed by atoms with E-state index in [4.69, 9.17) is 15.0 Å². The molecule has 0 bridgehead atoms. The van der Waals surface area contributed by atoms with Crippen LogP contribution in [-0.4, -0.2) is 19.5 Å². The van der Waals surface area contributed by atoms with Gasteiger partial charge in [-0.05, 0) is 97.6 Å². The van der Waals surface area contributed by atoms with Gasteiger partial charge in [-0.3, -0.25) is 0 Å². The molecule has 13 aromatic rings. The van der Waals surface area contributed by atoms with Gasteiger partial charge in [0.1, 0.15) is 0 Å². The van der Waals surface area contributed by atoms with Crippen molar-refractivity contribution >= 4 is 27.4 Å². The predicted octanol–water partition coefficient (Wildman–Crippen LogP) is 19.7. The highest BCUT2D eigenvalue weighted by atomic mass is 15.0. The first-order chi connectivity index (χ1) is 39.1. The van der Waals surface area contributed by atoms with E-state index >= 15 is 0 Å². The molecule has 13 rings (SSSR count). The second-order valence-electron chi connectivity index (χ2n) is 19.6. The number of hydrogen-bond donors (Lipinski definition) is 0. The first-order valence-electron chi connectivity index (χ1n) is 26.6. The van der Waals surface area contributed by atoms with E-state index < -0.39 is 0 Å². The van der Waals surface area contributed by atoms with Gasteiger partial charge in [0.25, 0.3) is 0 Å². The number of rotatable bonds is 13. The van der Waals surface area contributed by atoms with Crippen LogP contribution in [0.25, 0.3) is 134 Å². The largest absolute Gasteiger partial charge is 0.307 e. The Morgan fingerprint density at radius 2 is 0.684 bits per heavy atom. The smallest absolute Gasteiger partial charge is 0.164 e. The van der Waals surface area contributed by atoms with Crippen LogP contribution in [0.2, 0.25) is 0 Å². The Morgan fingerprint density at radius 3 is 1.18 bits per heavy atom. The van der Waals surface area contributed by atoms with E-state index in [9.17, 15) is 0 Å². The zero-order chi connectivity index (χ0) is 53.1. The third-order valence-electron chi connectivity index (χ3n) is 14.8. The summed E-state index contributed by atoms with van der Waals surface area (Å²) in [7, 11) is 0. The predicted molar refractivity (Wildman–Crippen MR) is 331 cm³/mol. The monoisotopic (exact) mass is 1010 g/mol. The Bertz CT molecular complexity index is 4320. The Hall–Kier alpha value is -10.6. The molecule has 0 N–H and O–H groups in total. The zero-order valence-electron chi connectivity index (χ0n) is 43.4. The molecule has 79 heavy (non-hydrogen) atoms. The topological polar surface area (TPSA) is 43.6 Å². The molecule has 4 heteroatoms. The molecule has 0 aliphatic carbocycles. The van der Waals surface area contributed by atoms with Crippen molar-refractivity contribution in [1.82, 2.24) is 19.5 Å². The molecule has 0 saturated heterocycles. The second kappa shape index (κ2) is 21.2. The van der Waals surface area contributed by atoms with Crippen molar-refractivity contribution < 1.29 is 0 Å². The summed E-state index contributed by atoms with van der Waals surface area (Å²) in [6.07, 6.45) is 5.69. The molecule has 2 aromatic heterocycles. The van der Waals surface area contributed by atoms with E-state index in [1.54, 1.807) is 0 Å². The van der Waals surface area contributed by atoms with Gasteiger partial charge in [0.15, 0.2) is 17.5 Å². The van der Waals surface area contributed by atoms with Gasteiger partial charge in [0.2, 0.25) is 0 Å². The molecule has 0 fully saturated rings. The van der Waals surface area contributed by atoms with Crippen LogP contribution in [0.3, 0.4) is 0 Å². The SMILES string of the molecule is C=C/C=C(\C=C)c1ccc(-c2cc(-c3nc(-c4ccccc4)nc(-c4ccccc4)n3)cc(-c3ccc(-c4ccccc4)cc3)c2-n2c3ccc(-c4ccccc4)cc3c3cc(-c4ccccc4)cc(-c4ccccc4)c32)cc1. The van der Waals surface area contributed by atoms with E-state index in [-0.39, 0.29) is 0 Å². The molecule has 0 saturated carbocycles. The van der Waals surface area contributed by atoms with E-state index in [1.807, 2.05) is 54.6 Å². The van der Waals surface area contributed by atoms with Gasteiger partial charge in [0, 0.05) is 44.2 Å². The minimum atomic E-state index is 0.564. The van der Waals surface area contributed by atoms with Gasteiger partial charge in [0.05, 0.1) is 16.7 Å². The van der Waals surface area contributed by atoms with Crippen LogP contribution in [-0.2, 0) is 0 Å². The van der Waals surface area contributed by atoms with Crippen molar-refractivity contribution in [2.24, 2.45) is 0 Å². The maximum absolute atomic E-state index is 5.36. The Kier molecular flexibility index (Phi) is 12.9. The molecule has 372 valence electrons. The highest BCUT2D eigenvalue weighted by molar-refractivity contribution is 6.17. The molecule has 0 radical (unpaired) electrons. The van der Waals surface area contributed by atoms with Crippen LogP contribution in [0.5, 0.6) is 0 Å². The van der Waals surface area contributed by atoms with Crippen molar-refractivity contribution in [3.05, 3.63) is 310 Å². The van der Waals surface area contributed by atoms with E-state index in [0.717, 1.165) is 122 Å². The summed E-state index contributed by atoms with van der Waals surface area (Å²) in [6, 6.07) is 97.3. The summed E-state index contributed by atoms with van der Waals surface area (Å²) in [5, 5.41) is 2.29. The highest BCUT2D eigenvalue weighted by Crippen LogP contribution is 2.48. The minimum absolute atomic E-state index is 0.564. The number of benzene rings is 11. The Labute approximate surface area is 461 Å². The first kappa shape index (κ1) is 48.1. The van der Waals surface area contributed by atoms with Gasteiger partial charge >= 0.3 is 0 Å². The number of hydrogen-bond acceptors (Lipinski definition) is 3. The molecule has 0 spiro atoms. The van der Waals surface area contributed by atoms with Crippen LogP contribution in [0, 0.1) is 0 Å². The lowest BCUT2D eigenvalue weighted by atomic mass is 9.90. The van der Waals surface area contributed by atoms with Crippen LogP contribution in [0.4, 0.5) is 0 Å². The lowest BCUT2D eigenvalue weighted by molar-refractivity contribution is 1.07. The molecular weight excluding hydrogens is 957 g/mol. The van der Waals surface area contributed by atoms with Crippen molar-refractivity contribution in [1.29, 1.82) is 0 Å². The fraction of sp³-hybridized carbons (Fsp3) is 0. The van der Waals surface area contributed by atoms with Gasteiger partial charge in [-0.1, -0.05) is 268 Å². The minimum Gasteiger partial charge on any atom is -0.307 e. The summed E-state index contributed by atoms with van der Waals surface area (Å²) >= 11 is 0. The maximum Gasteiger partial charge on any atom is 0.164 e. The van der Waals surface area contributed by atoms with Crippen LogP contribution < -0.4 is 0 Å². The standard InChI is InChI=1S/C75H52N4/c1-3-23-51(4-2)55-36-40-58(41-37-55)66-49-64(75-77-73(60-32-19-9-20-33-60)76-74(78-75)61-34-21-10-22-35-61)50-67(59-42-38-56(39-43-59)52-24-11-5-12-25-52)71(66)79-70-45-44-62(53-26-13-6-14-27-53)46-68(70)69-48-63(54-28-15-7-16-29-54)47-65(72(69)79)57-30-17-8-18-31-57/h3-50H,1-2H2/b51-23+. The summed E-state index contributed by atoms with van der Waals surface area (Å²) in [5.41, 5.74) is 21.0. The number of allylic oxidation sites excluding steroid dienone is 4. The summed E-state index contributed by atoms with van der Waals surface area (Å²) in [4.78, 5) is 15.8. The van der Waals surface area contributed by atoms with Crippen LogP contribution >= 0.6 is 0 Å². The molecule has 0 aliphatic rings.